The van der Waals surface area contributed by atoms with Crippen LogP contribution < -0.4 is 26.0 Å². The number of halogens is 4. The molecule has 3 aromatic heterocycles. The maximum atomic E-state index is 13.0. The number of aromatic amines is 1. The average molecular weight is 534 g/mol. The van der Waals surface area contributed by atoms with Crippen LogP contribution in [0.4, 0.5) is 52.7 Å². The van der Waals surface area contributed by atoms with Gasteiger partial charge in [0, 0.05) is 23.5 Å². The Hall–Kier alpha value is -4.59. The standard InChI is InChI=1S/C22H19ClF3N9O2/c1-11-7-17(31-18-9-19(37-2)35-34-18)32-20(28-11)29-13-4-6-16(27-10-13)33-21(36)30-12-3-5-15(23)14(8-12)22(24,25)26/h3-10H,1-2H3,(H2,27,30,33,36)(H3,28,29,31,32,34,35). The third-order valence-corrected chi connectivity index (χ3v) is 5.00. The number of benzene rings is 1. The van der Waals surface area contributed by atoms with E-state index < -0.39 is 22.8 Å². The molecule has 0 saturated heterocycles. The summed E-state index contributed by atoms with van der Waals surface area (Å²) in [5.74, 6) is 1.94. The number of methoxy groups -OCH3 is 1. The number of aryl methyl sites for hydroxylation is 1. The van der Waals surface area contributed by atoms with Crippen LogP contribution in [0.5, 0.6) is 5.88 Å². The van der Waals surface area contributed by atoms with Crippen molar-refractivity contribution < 1.29 is 22.7 Å². The van der Waals surface area contributed by atoms with E-state index in [0.29, 0.717) is 28.9 Å². The molecule has 0 saturated carbocycles. The van der Waals surface area contributed by atoms with Crippen LogP contribution >= 0.6 is 11.6 Å². The Morgan fingerprint density at radius 3 is 2.46 bits per heavy atom. The van der Waals surface area contributed by atoms with Crippen LogP contribution in [0.3, 0.4) is 0 Å². The van der Waals surface area contributed by atoms with Crippen molar-refractivity contribution in [2.75, 3.05) is 28.4 Å². The number of nitrogens with zero attached hydrogens (tertiary/aromatic N) is 4. The zero-order chi connectivity index (χ0) is 26.6. The van der Waals surface area contributed by atoms with Gasteiger partial charge in [0.05, 0.1) is 29.6 Å². The summed E-state index contributed by atoms with van der Waals surface area (Å²) >= 11 is 5.59. The van der Waals surface area contributed by atoms with E-state index in [1.165, 1.54) is 25.4 Å². The molecule has 0 radical (unpaired) electrons. The van der Waals surface area contributed by atoms with E-state index in [0.717, 1.165) is 12.1 Å². The second-order valence-corrected chi connectivity index (χ2v) is 7.90. The molecule has 37 heavy (non-hydrogen) atoms. The lowest BCUT2D eigenvalue weighted by Crippen LogP contribution is -2.20. The molecule has 2 amide bonds. The summed E-state index contributed by atoms with van der Waals surface area (Å²) in [5.41, 5.74) is 0.0761. The van der Waals surface area contributed by atoms with E-state index in [1.807, 2.05) is 0 Å². The summed E-state index contributed by atoms with van der Waals surface area (Å²) in [4.78, 5) is 25.1. The van der Waals surface area contributed by atoms with Crippen molar-refractivity contribution in [3.63, 3.8) is 0 Å². The zero-order valence-electron chi connectivity index (χ0n) is 19.2. The third kappa shape index (κ3) is 6.76. The minimum absolute atomic E-state index is 0.0814. The normalized spacial score (nSPS) is 11.1. The number of hydrogen-bond acceptors (Lipinski definition) is 8. The van der Waals surface area contributed by atoms with Crippen molar-refractivity contribution >= 4 is 52.4 Å². The number of carbonyl (C=O) groups is 1. The Bertz CT molecular complexity index is 1410. The average Bonchev–Trinajstić information content (AvgIpc) is 3.28. The van der Waals surface area contributed by atoms with Gasteiger partial charge < -0.3 is 20.7 Å². The number of anilines is 6. The number of rotatable bonds is 7. The Labute approximate surface area is 212 Å². The molecule has 0 atom stereocenters. The molecule has 0 spiro atoms. The number of nitrogens with one attached hydrogen (secondary N) is 5. The number of amides is 2. The van der Waals surface area contributed by atoms with Gasteiger partial charge in [-0.2, -0.15) is 18.2 Å². The predicted molar refractivity (Wildman–Crippen MR) is 132 cm³/mol. The third-order valence-electron chi connectivity index (χ3n) is 4.67. The molecule has 0 aliphatic carbocycles. The minimum atomic E-state index is -4.65. The molecule has 0 fully saturated rings. The summed E-state index contributed by atoms with van der Waals surface area (Å²) in [6.45, 7) is 1.80. The highest BCUT2D eigenvalue weighted by Gasteiger charge is 2.33. The number of hydrogen-bond donors (Lipinski definition) is 5. The molecule has 11 nitrogen and oxygen atoms in total. The molecule has 5 N–H and O–H groups in total. The van der Waals surface area contributed by atoms with E-state index >= 15 is 0 Å². The van der Waals surface area contributed by atoms with E-state index in [-0.39, 0.29) is 17.5 Å². The van der Waals surface area contributed by atoms with Gasteiger partial charge in [0.25, 0.3) is 0 Å². The summed E-state index contributed by atoms with van der Waals surface area (Å²) in [6, 6.07) is 8.79. The lowest BCUT2D eigenvalue weighted by molar-refractivity contribution is -0.137. The van der Waals surface area contributed by atoms with Gasteiger partial charge in [0.2, 0.25) is 11.8 Å². The van der Waals surface area contributed by atoms with Gasteiger partial charge in [-0.3, -0.25) is 10.4 Å². The van der Waals surface area contributed by atoms with Crippen molar-refractivity contribution in [1.82, 2.24) is 25.1 Å². The summed E-state index contributed by atoms with van der Waals surface area (Å²) in [7, 11) is 1.50. The molecule has 15 heteroatoms. The molecule has 4 rings (SSSR count). The number of pyridine rings is 1. The van der Waals surface area contributed by atoms with E-state index in [1.54, 1.807) is 25.1 Å². The Morgan fingerprint density at radius 2 is 1.78 bits per heavy atom. The molecule has 0 unspecified atom stereocenters. The number of urea groups is 1. The highest BCUT2D eigenvalue weighted by atomic mass is 35.5. The van der Waals surface area contributed by atoms with Gasteiger partial charge in [-0.1, -0.05) is 11.6 Å². The van der Waals surface area contributed by atoms with Gasteiger partial charge in [0.15, 0.2) is 0 Å². The molecule has 0 aliphatic rings. The van der Waals surface area contributed by atoms with Crippen molar-refractivity contribution in [2.45, 2.75) is 13.1 Å². The maximum Gasteiger partial charge on any atom is 0.417 e. The molecule has 4 aromatic rings. The molecular weight excluding hydrogens is 515 g/mol. The lowest BCUT2D eigenvalue weighted by atomic mass is 10.2. The van der Waals surface area contributed by atoms with Crippen LogP contribution in [0.15, 0.2) is 48.7 Å². The smallest absolute Gasteiger partial charge is 0.417 e. The molecule has 0 bridgehead atoms. The fourth-order valence-corrected chi connectivity index (χ4v) is 3.29. The van der Waals surface area contributed by atoms with Crippen LogP contribution in [0.2, 0.25) is 5.02 Å². The first-order valence-electron chi connectivity index (χ1n) is 10.5. The van der Waals surface area contributed by atoms with E-state index in [2.05, 4.69) is 46.4 Å². The largest absolute Gasteiger partial charge is 0.480 e. The summed E-state index contributed by atoms with van der Waals surface area (Å²) in [5, 5.41) is 17.1. The molecule has 192 valence electrons. The number of carbonyl (C=O) groups excluding carboxylic acids is 1. The highest BCUT2D eigenvalue weighted by molar-refractivity contribution is 6.31. The topological polar surface area (TPSA) is 142 Å². The van der Waals surface area contributed by atoms with Gasteiger partial charge in [-0.05, 0) is 37.3 Å². The van der Waals surface area contributed by atoms with Crippen molar-refractivity contribution in [3.8, 4) is 5.88 Å². The number of alkyl halides is 3. The monoisotopic (exact) mass is 533 g/mol. The molecule has 0 aliphatic heterocycles. The second-order valence-electron chi connectivity index (χ2n) is 7.50. The summed E-state index contributed by atoms with van der Waals surface area (Å²) < 4.78 is 44.1. The minimum Gasteiger partial charge on any atom is -0.480 e. The van der Waals surface area contributed by atoms with Crippen LogP contribution in [-0.4, -0.2) is 38.3 Å². The maximum absolute atomic E-state index is 13.0. The summed E-state index contributed by atoms with van der Waals surface area (Å²) in [6.07, 6.45) is -3.22. The van der Waals surface area contributed by atoms with E-state index in [9.17, 15) is 18.0 Å². The van der Waals surface area contributed by atoms with Gasteiger partial charge in [0.1, 0.15) is 17.5 Å². The van der Waals surface area contributed by atoms with Crippen molar-refractivity contribution in [3.05, 3.63) is 64.9 Å². The van der Waals surface area contributed by atoms with Gasteiger partial charge >= 0.3 is 12.2 Å². The quantitative estimate of drug-likeness (QED) is 0.203. The fraction of sp³-hybridized carbons (Fsp3) is 0.136. The fourth-order valence-electron chi connectivity index (χ4n) is 3.07. The van der Waals surface area contributed by atoms with Crippen molar-refractivity contribution in [2.24, 2.45) is 0 Å². The Morgan fingerprint density at radius 1 is 1.00 bits per heavy atom. The van der Waals surface area contributed by atoms with Crippen LogP contribution in [0.25, 0.3) is 0 Å². The predicted octanol–water partition coefficient (Wildman–Crippen LogP) is 5.72. The molecule has 1 aromatic carbocycles. The Balaban J connectivity index is 1.38. The van der Waals surface area contributed by atoms with Crippen LogP contribution in [0, 0.1) is 6.92 Å². The Kier molecular flexibility index (Phi) is 7.29. The first-order chi connectivity index (χ1) is 17.6. The lowest BCUT2D eigenvalue weighted by Gasteiger charge is -2.12. The van der Waals surface area contributed by atoms with Crippen molar-refractivity contribution in [1.29, 1.82) is 0 Å². The number of ether oxygens (including phenoxy) is 1. The zero-order valence-corrected chi connectivity index (χ0v) is 20.0. The molecular formula is C22H19ClF3N9O2. The molecule has 3 heterocycles. The van der Waals surface area contributed by atoms with Gasteiger partial charge in [-0.15, -0.1) is 5.10 Å². The first-order valence-corrected chi connectivity index (χ1v) is 10.9. The first kappa shape index (κ1) is 25.5. The van der Waals surface area contributed by atoms with E-state index in [4.69, 9.17) is 16.3 Å². The SMILES string of the molecule is COc1cc(Nc2cc(C)nc(Nc3ccc(NC(=O)Nc4ccc(Cl)c(C(F)(F)F)c4)nc3)n2)[nH]n1. The second kappa shape index (κ2) is 10.6. The van der Waals surface area contributed by atoms with Crippen LogP contribution in [0.1, 0.15) is 11.3 Å². The van der Waals surface area contributed by atoms with Gasteiger partial charge in [-0.25, -0.2) is 14.8 Å². The van der Waals surface area contributed by atoms with Crippen LogP contribution in [-0.2, 0) is 6.18 Å². The number of H-pyrrole nitrogens is 1. The highest BCUT2D eigenvalue weighted by Crippen LogP contribution is 2.36. The number of aromatic nitrogens is 5.